The number of anilines is 1. The third-order valence-corrected chi connectivity index (χ3v) is 2.89. The highest BCUT2D eigenvalue weighted by molar-refractivity contribution is 5.85. The number of rotatable bonds is 7. The molecule has 0 aromatic heterocycles. The smallest absolute Gasteiger partial charge is 0.328 e. The second-order valence-corrected chi connectivity index (χ2v) is 4.49. The first kappa shape index (κ1) is 15.2. The lowest BCUT2D eigenvalue weighted by Crippen LogP contribution is -2.20. The molecule has 0 atom stereocenters. The van der Waals surface area contributed by atoms with Gasteiger partial charge in [0.15, 0.2) is 0 Å². The molecule has 1 aromatic rings. The molecule has 0 spiro atoms. The third kappa shape index (κ3) is 5.14. The quantitative estimate of drug-likeness (QED) is 0.607. The predicted molar refractivity (Wildman–Crippen MR) is 77.6 cm³/mol. The number of aliphatic carboxylic acids is 1. The summed E-state index contributed by atoms with van der Waals surface area (Å²) in [4.78, 5) is 12.7. The van der Waals surface area contributed by atoms with Crippen molar-refractivity contribution in [2.75, 3.05) is 32.2 Å². The zero-order chi connectivity index (χ0) is 14.3. The van der Waals surface area contributed by atoms with E-state index in [4.69, 9.17) is 9.84 Å². The number of ether oxygens (including phenoxy) is 1. The van der Waals surface area contributed by atoms with Gasteiger partial charge in [0.2, 0.25) is 0 Å². The van der Waals surface area contributed by atoms with E-state index in [9.17, 15) is 4.79 Å². The van der Waals surface area contributed by atoms with E-state index in [1.165, 1.54) is 0 Å². The summed E-state index contributed by atoms with van der Waals surface area (Å²) in [5.74, 6) is -0.932. The fourth-order valence-electron chi connectivity index (χ4n) is 1.94. The number of carbonyl (C=O) groups is 1. The number of methoxy groups -OCH3 is 1. The van der Waals surface area contributed by atoms with Crippen LogP contribution in [-0.4, -0.2) is 38.4 Å². The fourth-order valence-corrected chi connectivity index (χ4v) is 1.94. The number of hydrogen-bond donors (Lipinski definition) is 1. The summed E-state index contributed by atoms with van der Waals surface area (Å²) >= 11 is 0. The van der Waals surface area contributed by atoms with Crippen molar-refractivity contribution >= 4 is 17.7 Å². The van der Waals surface area contributed by atoms with E-state index in [1.54, 1.807) is 13.2 Å². The van der Waals surface area contributed by atoms with Gasteiger partial charge >= 0.3 is 5.97 Å². The predicted octanol–water partition coefficient (Wildman–Crippen LogP) is 2.57. The topological polar surface area (TPSA) is 49.8 Å². The molecule has 1 N–H and O–H groups in total. The highest BCUT2D eigenvalue weighted by Gasteiger charge is 2.04. The molecule has 4 nitrogen and oxygen atoms in total. The van der Waals surface area contributed by atoms with Crippen molar-refractivity contribution in [3.63, 3.8) is 0 Å². The van der Waals surface area contributed by atoms with E-state index >= 15 is 0 Å². The second-order valence-electron chi connectivity index (χ2n) is 4.49. The van der Waals surface area contributed by atoms with Crippen molar-refractivity contribution in [3.05, 3.63) is 35.4 Å². The van der Waals surface area contributed by atoms with Gasteiger partial charge in [-0.15, -0.1) is 0 Å². The zero-order valence-electron chi connectivity index (χ0n) is 11.7. The Hall–Kier alpha value is -1.81. The Kier molecular flexibility index (Phi) is 6.09. The normalized spacial score (nSPS) is 10.9. The summed E-state index contributed by atoms with van der Waals surface area (Å²) in [6.45, 7) is 3.71. The Morgan fingerprint density at radius 1 is 1.47 bits per heavy atom. The molecule has 1 rings (SSSR count). The van der Waals surface area contributed by atoms with E-state index in [-0.39, 0.29) is 0 Å². The molecule has 104 valence electrons. The van der Waals surface area contributed by atoms with Crippen molar-refractivity contribution in [2.24, 2.45) is 0 Å². The Morgan fingerprint density at radius 2 is 2.21 bits per heavy atom. The van der Waals surface area contributed by atoms with Gasteiger partial charge in [-0.3, -0.25) is 0 Å². The molecule has 0 heterocycles. The maximum Gasteiger partial charge on any atom is 0.328 e. The van der Waals surface area contributed by atoms with Crippen LogP contribution in [0.1, 0.15) is 17.5 Å². The first-order chi connectivity index (χ1) is 9.04. The monoisotopic (exact) mass is 263 g/mol. The van der Waals surface area contributed by atoms with Crippen LogP contribution in [0.15, 0.2) is 24.3 Å². The molecule has 0 amide bonds. The van der Waals surface area contributed by atoms with Gasteiger partial charge < -0.3 is 14.7 Å². The third-order valence-electron chi connectivity index (χ3n) is 2.89. The molecule has 0 aliphatic carbocycles. The maximum atomic E-state index is 10.5. The van der Waals surface area contributed by atoms with Crippen LogP contribution in [0.2, 0.25) is 0 Å². The summed E-state index contributed by atoms with van der Waals surface area (Å²) in [6.07, 6.45) is 3.73. The number of carboxylic acid groups (broad SMARTS) is 1. The van der Waals surface area contributed by atoms with Crippen molar-refractivity contribution in [1.82, 2.24) is 0 Å². The molecule has 0 aliphatic rings. The van der Waals surface area contributed by atoms with Gasteiger partial charge in [0.1, 0.15) is 0 Å². The van der Waals surface area contributed by atoms with Crippen molar-refractivity contribution in [2.45, 2.75) is 13.3 Å². The minimum absolute atomic E-state index is 0.753. The number of benzene rings is 1. The van der Waals surface area contributed by atoms with Gasteiger partial charge in [-0.2, -0.15) is 0 Å². The average molecular weight is 263 g/mol. The minimum Gasteiger partial charge on any atom is -0.478 e. The molecular weight excluding hydrogens is 242 g/mol. The van der Waals surface area contributed by atoms with Gasteiger partial charge in [-0.1, -0.05) is 6.07 Å². The SMILES string of the molecule is COCCCN(C)c1ccc(C=CC(=O)O)cc1C. The largest absolute Gasteiger partial charge is 0.478 e. The molecule has 0 fully saturated rings. The van der Waals surface area contributed by atoms with Crippen molar-refractivity contribution < 1.29 is 14.6 Å². The summed E-state index contributed by atoms with van der Waals surface area (Å²) < 4.78 is 5.04. The molecule has 0 bridgehead atoms. The summed E-state index contributed by atoms with van der Waals surface area (Å²) in [5.41, 5.74) is 3.19. The van der Waals surface area contributed by atoms with Crippen LogP contribution in [-0.2, 0) is 9.53 Å². The molecule has 4 heteroatoms. The van der Waals surface area contributed by atoms with Crippen LogP contribution in [0, 0.1) is 6.92 Å². The van der Waals surface area contributed by atoms with Gasteiger partial charge in [0.05, 0.1) is 0 Å². The van der Waals surface area contributed by atoms with Crippen LogP contribution >= 0.6 is 0 Å². The Labute approximate surface area is 114 Å². The van der Waals surface area contributed by atoms with Gasteiger partial charge in [-0.05, 0) is 42.7 Å². The minimum atomic E-state index is -0.932. The lowest BCUT2D eigenvalue weighted by molar-refractivity contribution is -0.131. The lowest BCUT2D eigenvalue weighted by Gasteiger charge is -2.21. The molecule has 0 saturated heterocycles. The van der Waals surface area contributed by atoms with Gasteiger partial charge in [0.25, 0.3) is 0 Å². The van der Waals surface area contributed by atoms with E-state index < -0.39 is 5.97 Å². The molecule has 0 saturated carbocycles. The highest BCUT2D eigenvalue weighted by Crippen LogP contribution is 2.21. The lowest BCUT2D eigenvalue weighted by atomic mass is 10.1. The molecule has 0 aliphatic heterocycles. The number of nitrogens with zero attached hydrogens (tertiary/aromatic N) is 1. The molecule has 19 heavy (non-hydrogen) atoms. The van der Waals surface area contributed by atoms with Crippen LogP contribution in [0.4, 0.5) is 5.69 Å². The number of carboxylic acids is 1. The van der Waals surface area contributed by atoms with Crippen LogP contribution in [0.25, 0.3) is 6.08 Å². The van der Waals surface area contributed by atoms with Crippen LogP contribution in [0.3, 0.4) is 0 Å². The summed E-state index contributed by atoms with van der Waals surface area (Å²) in [5, 5.41) is 8.60. The number of aryl methyl sites for hydroxylation is 1. The van der Waals surface area contributed by atoms with E-state index in [0.29, 0.717) is 0 Å². The molecule has 0 radical (unpaired) electrons. The van der Waals surface area contributed by atoms with Gasteiger partial charge in [0, 0.05) is 39.1 Å². The van der Waals surface area contributed by atoms with E-state index in [0.717, 1.165) is 42.5 Å². The van der Waals surface area contributed by atoms with E-state index in [2.05, 4.69) is 4.90 Å². The Balaban J connectivity index is 2.73. The average Bonchev–Trinajstić information content (AvgIpc) is 2.36. The first-order valence-electron chi connectivity index (χ1n) is 6.26. The molecular formula is C15H21NO3. The summed E-state index contributed by atoms with van der Waals surface area (Å²) in [7, 11) is 3.75. The first-order valence-corrected chi connectivity index (χ1v) is 6.26. The van der Waals surface area contributed by atoms with Crippen molar-refractivity contribution in [1.29, 1.82) is 0 Å². The zero-order valence-corrected chi connectivity index (χ0v) is 11.7. The maximum absolute atomic E-state index is 10.5. The van der Waals surface area contributed by atoms with Crippen LogP contribution in [0.5, 0.6) is 0 Å². The fraction of sp³-hybridized carbons (Fsp3) is 0.400. The highest BCUT2D eigenvalue weighted by atomic mass is 16.5. The Bertz CT molecular complexity index is 455. The van der Waals surface area contributed by atoms with Crippen molar-refractivity contribution in [3.8, 4) is 0 Å². The standard InChI is InChI=1S/C15H21NO3/c1-12-11-13(6-8-15(17)18)5-7-14(12)16(2)9-4-10-19-3/h5-8,11H,4,9-10H2,1-3H3,(H,17,18). The number of hydrogen-bond acceptors (Lipinski definition) is 3. The summed E-state index contributed by atoms with van der Waals surface area (Å²) in [6, 6.07) is 5.93. The van der Waals surface area contributed by atoms with Gasteiger partial charge in [-0.25, -0.2) is 4.79 Å². The van der Waals surface area contributed by atoms with E-state index in [1.807, 2.05) is 32.2 Å². The van der Waals surface area contributed by atoms with Crippen LogP contribution < -0.4 is 4.90 Å². The second kappa shape index (κ2) is 7.59. The molecule has 1 aromatic carbocycles. The Morgan fingerprint density at radius 3 is 2.79 bits per heavy atom. The molecule has 0 unspecified atom stereocenters.